The molecule has 0 aliphatic carbocycles. The SMILES string of the molecule is CCN(c1ccccc1)c1cc(N2CCCC2)nc(-c2ccccc2)n1. The molecule has 0 N–H and O–H groups in total. The predicted octanol–water partition coefficient (Wildman–Crippen LogP) is 4.90. The Morgan fingerprint density at radius 3 is 2.19 bits per heavy atom. The molecule has 2 heterocycles. The van der Waals surface area contributed by atoms with E-state index in [9.17, 15) is 0 Å². The van der Waals surface area contributed by atoms with Gasteiger partial charge in [-0.05, 0) is 31.9 Å². The molecule has 1 aliphatic rings. The largest absolute Gasteiger partial charge is 0.356 e. The lowest BCUT2D eigenvalue weighted by atomic mass is 10.2. The van der Waals surface area contributed by atoms with Gasteiger partial charge in [-0.1, -0.05) is 48.5 Å². The number of hydrogen-bond donors (Lipinski definition) is 0. The molecule has 0 amide bonds. The third-order valence-corrected chi connectivity index (χ3v) is 4.82. The summed E-state index contributed by atoms with van der Waals surface area (Å²) in [6.45, 7) is 5.16. The first-order chi connectivity index (χ1) is 12.8. The van der Waals surface area contributed by atoms with E-state index in [1.165, 1.54) is 12.8 Å². The van der Waals surface area contributed by atoms with Crippen molar-refractivity contribution in [1.82, 2.24) is 9.97 Å². The minimum absolute atomic E-state index is 0.791. The maximum absolute atomic E-state index is 4.91. The number of para-hydroxylation sites is 1. The third-order valence-electron chi connectivity index (χ3n) is 4.82. The Balaban J connectivity index is 1.81. The zero-order chi connectivity index (χ0) is 17.8. The van der Waals surface area contributed by atoms with Gasteiger partial charge in [-0.3, -0.25) is 0 Å². The molecule has 1 aliphatic heterocycles. The van der Waals surface area contributed by atoms with Crippen molar-refractivity contribution in [3.8, 4) is 11.4 Å². The second kappa shape index (κ2) is 7.56. The first-order valence-corrected chi connectivity index (χ1v) is 9.37. The fourth-order valence-electron chi connectivity index (χ4n) is 3.47. The smallest absolute Gasteiger partial charge is 0.163 e. The van der Waals surface area contributed by atoms with Gasteiger partial charge in [0, 0.05) is 37.0 Å². The molecule has 1 aromatic heterocycles. The van der Waals surface area contributed by atoms with Crippen LogP contribution in [0.25, 0.3) is 11.4 Å². The average molecular weight is 344 g/mol. The lowest BCUT2D eigenvalue weighted by Crippen LogP contribution is -2.22. The van der Waals surface area contributed by atoms with Crippen molar-refractivity contribution in [3.63, 3.8) is 0 Å². The van der Waals surface area contributed by atoms with Crippen LogP contribution in [0.4, 0.5) is 17.3 Å². The number of benzene rings is 2. The summed E-state index contributed by atoms with van der Waals surface area (Å²) >= 11 is 0. The molecule has 26 heavy (non-hydrogen) atoms. The normalized spacial score (nSPS) is 13.8. The summed E-state index contributed by atoms with van der Waals surface area (Å²) < 4.78 is 0. The van der Waals surface area contributed by atoms with E-state index in [0.717, 1.165) is 48.3 Å². The van der Waals surface area contributed by atoms with Crippen molar-refractivity contribution in [2.75, 3.05) is 29.4 Å². The highest BCUT2D eigenvalue weighted by Crippen LogP contribution is 2.30. The summed E-state index contributed by atoms with van der Waals surface area (Å²) in [5.74, 6) is 2.77. The van der Waals surface area contributed by atoms with Crippen molar-refractivity contribution in [2.24, 2.45) is 0 Å². The van der Waals surface area contributed by atoms with Gasteiger partial charge in [0.05, 0.1) is 0 Å². The fourth-order valence-corrected chi connectivity index (χ4v) is 3.47. The third kappa shape index (κ3) is 3.40. The Hall–Kier alpha value is -2.88. The number of anilines is 3. The molecule has 0 spiro atoms. The summed E-state index contributed by atoms with van der Waals surface area (Å²) in [5.41, 5.74) is 2.21. The minimum atomic E-state index is 0.791. The lowest BCUT2D eigenvalue weighted by Gasteiger charge is -2.25. The number of aromatic nitrogens is 2. The molecule has 4 rings (SSSR count). The molecule has 0 radical (unpaired) electrons. The predicted molar refractivity (Wildman–Crippen MR) is 108 cm³/mol. The molecular weight excluding hydrogens is 320 g/mol. The van der Waals surface area contributed by atoms with E-state index in [1.807, 2.05) is 24.3 Å². The lowest BCUT2D eigenvalue weighted by molar-refractivity contribution is 0.916. The second-order valence-electron chi connectivity index (χ2n) is 6.55. The number of nitrogens with zero attached hydrogens (tertiary/aromatic N) is 4. The van der Waals surface area contributed by atoms with E-state index in [-0.39, 0.29) is 0 Å². The summed E-state index contributed by atoms with van der Waals surface area (Å²) in [5, 5.41) is 0. The van der Waals surface area contributed by atoms with Crippen LogP contribution >= 0.6 is 0 Å². The molecule has 132 valence electrons. The van der Waals surface area contributed by atoms with Crippen molar-refractivity contribution < 1.29 is 0 Å². The molecule has 0 atom stereocenters. The molecule has 0 bridgehead atoms. The molecule has 1 fully saturated rings. The monoisotopic (exact) mass is 344 g/mol. The Morgan fingerprint density at radius 2 is 1.54 bits per heavy atom. The van der Waals surface area contributed by atoms with Crippen molar-refractivity contribution in [3.05, 3.63) is 66.7 Å². The first-order valence-electron chi connectivity index (χ1n) is 9.37. The average Bonchev–Trinajstić information content (AvgIpc) is 3.25. The zero-order valence-corrected chi connectivity index (χ0v) is 15.2. The molecule has 3 aromatic rings. The topological polar surface area (TPSA) is 32.3 Å². The zero-order valence-electron chi connectivity index (χ0n) is 15.2. The van der Waals surface area contributed by atoms with Gasteiger partial charge in [-0.2, -0.15) is 0 Å². The highest BCUT2D eigenvalue weighted by atomic mass is 15.2. The van der Waals surface area contributed by atoms with Crippen LogP contribution in [0.15, 0.2) is 66.7 Å². The van der Waals surface area contributed by atoms with Gasteiger partial charge in [-0.25, -0.2) is 9.97 Å². The molecule has 0 saturated carbocycles. The van der Waals surface area contributed by atoms with E-state index in [1.54, 1.807) is 0 Å². The summed E-state index contributed by atoms with van der Waals surface area (Å²) in [6.07, 6.45) is 2.46. The van der Waals surface area contributed by atoms with Crippen LogP contribution in [0.3, 0.4) is 0 Å². The van der Waals surface area contributed by atoms with Gasteiger partial charge >= 0.3 is 0 Å². The number of rotatable bonds is 5. The van der Waals surface area contributed by atoms with Crippen LogP contribution in [0, 0.1) is 0 Å². The van der Waals surface area contributed by atoms with E-state index in [4.69, 9.17) is 9.97 Å². The molecule has 2 aromatic carbocycles. The summed E-state index contributed by atoms with van der Waals surface area (Å²) in [4.78, 5) is 14.4. The van der Waals surface area contributed by atoms with Gasteiger partial charge in [0.25, 0.3) is 0 Å². The maximum atomic E-state index is 4.91. The summed E-state index contributed by atoms with van der Waals surface area (Å²) in [7, 11) is 0. The van der Waals surface area contributed by atoms with Gasteiger partial charge in [0.1, 0.15) is 11.6 Å². The Labute approximate surface area is 155 Å². The van der Waals surface area contributed by atoms with Gasteiger partial charge in [0.2, 0.25) is 0 Å². The van der Waals surface area contributed by atoms with Gasteiger partial charge in [-0.15, -0.1) is 0 Å². The second-order valence-corrected chi connectivity index (χ2v) is 6.55. The van der Waals surface area contributed by atoms with Gasteiger partial charge < -0.3 is 9.80 Å². The first kappa shape index (κ1) is 16.6. The van der Waals surface area contributed by atoms with Gasteiger partial charge in [0.15, 0.2) is 5.82 Å². The molecule has 1 saturated heterocycles. The fraction of sp³-hybridized carbons (Fsp3) is 0.273. The molecular formula is C22H24N4. The van der Waals surface area contributed by atoms with E-state index in [2.05, 4.69) is 59.2 Å². The minimum Gasteiger partial charge on any atom is -0.356 e. The Bertz CT molecular complexity index is 843. The van der Waals surface area contributed by atoms with Crippen LogP contribution < -0.4 is 9.80 Å². The maximum Gasteiger partial charge on any atom is 0.163 e. The van der Waals surface area contributed by atoms with Crippen LogP contribution in [0.2, 0.25) is 0 Å². The van der Waals surface area contributed by atoms with Crippen LogP contribution in [-0.4, -0.2) is 29.6 Å². The molecule has 4 heteroatoms. The van der Waals surface area contributed by atoms with Crippen LogP contribution in [0.5, 0.6) is 0 Å². The van der Waals surface area contributed by atoms with E-state index in [0.29, 0.717) is 0 Å². The summed E-state index contributed by atoms with van der Waals surface area (Å²) in [6, 6.07) is 22.8. The number of hydrogen-bond acceptors (Lipinski definition) is 4. The van der Waals surface area contributed by atoms with E-state index < -0.39 is 0 Å². The Morgan fingerprint density at radius 1 is 0.885 bits per heavy atom. The van der Waals surface area contributed by atoms with Crippen LogP contribution in [-0.2, 0) is 0 Å². The van der Waals surface area contributed by atoms with Crippen LogP contribution in [0.1, 0.15) is 19.8 Å². The Kier molecular flexibility index (Phi) is 4.82. The highest BCUT2D eigenvalue weighted by molar-refractivity contribution is 5.67. The van der Waals surface area contributed by atoms with Crippen molar-refractivity contribution in [1.29, 1.82) is 0 Å². The van der Waals surface area contributed by atoms with E-state index >= 15 is 0 Å². The van der Waals surface area contributed by atoms with Crippen molar-refractivity contribution >= 4 is 17.3 Å². The molecule has 0 unspecified atom stereocenters. The van der Waals surface area contributed by atoms with Crippen molar-refractivity contribution in [2.45, 2.75) is 19.8 Å². The quantitative estimate of drug-likeness (QED) is 0.659. The highest BCUT2D eigenvalue weighted by Gasteiger charge is 2.19. The standard InChI is InChI=1S/C22H24N4/c1-2-26(19-13-7-4-8-14-19)21-17-20(25-15-9-10-16-25)23-22(24-21)18-11-5-3-6-12-18/h3-8,11-14,17H,2,9-10,15-16H2,1H3. The molecule has 4 nitrogen and oxygen atoms in total.